The van der Waals surface area contributed by atoms with Crippen molar-refractivity contribution < 1.29 is 9.53 Å². The lowest BCUT2D eigenvalue weighted by Gasteiger charge is -2.50. The van der Waals surface area contributed by atoms with Crippen LogP contribution in [0.25, 0.3) is 0 Å². The predicted molar refractivity (Wildman–Crippen MR) is 174 cm³/mol. The van der Waals surface area contributed by atoms with Crippen LogP contribution in [0, 0.1) is 5.92 Å². The number of carbonyl (C=O) groups is 1. The summed E-state index contributed by atoms with van der Waals surface area (Å²) in [6, 6.07) is 20.9. The number of likely N-dealkylation sites (tertiary alicyclic amines) is 1. The van der Waals surface area contributed by atoms with Crippen LogP contribution in [-0.2, 0) is 4.74 Å². The summed E-state index contributed by atoms with van der Waals surface area (Å²) in [7, 11) is 0. The number of nitrogens with zero attached hydrogens (tertiary/aromatic N) is 2. The number of nitrogens with two attached hydrogens (primary N) is 2. The fraction of sp³-hybridized carbons (Fsp3) is 0.486. The number of nitrogen functional groups attached to an aromatic ring is 1. The molecule has 5 atom stereocenters. The van der Waals surface area contributed by atoms with E-state index in [9.17, 15) is 4.79 Å². The molecule has 8 nitrogen and oxygen atoms in total. The molecule has 43 heavy (non-hydrogen) atoms. The minimum atomic E-state index is -0.457. The zero-order chi connectivity index (χ0) is 30.5. The standard InChI is InChI=1S/C35H48N6O2/c1-5-28-19-27(17-23(4)41(28)29-20-43-21-29)39-26-12-9-24(10-13-26)34(37)30-18-25(11-14-31(30)36)35(42)40-33(16-22(2)3)32-8-6-7-15-38-32/h6-15,18,22-23,27-29,33-34,39H,5,16-17,19-21,36-37H2,1-4H3,(H,40,42). The Balaban J connectivity index is 1.25. The molecule has 6 N–H and O–H groups in total. The van der Waals surface area contributed by atoms with E-state index in [4.69, 9.17) is 16.2 Å². The number of amides is 1. The van der Waals surface area contributed by atoms with Gasteiger partial charge in [-0.05, 0) is 92.1 Å². The average Bonchev–Trinajstić information content (AvgIpc) is 2.97. The number of benzene rings is 2. The SMILES string of the molecule is CCC1CC(Nc2ccc(C(N)c3cc(C(=O)NC(CC(C)C)c4ccccn4)ccc3N)cc2)CC(C)N1C1COC1. The van der Waals surface area contributed by atoms with Gasteiger partial charge in [0.05, 0.1) is 37.0 Å². The normalized spacial score (nSPS) is 22.5. The van der Waals surface area contributed by atoms with E-state index in [0.717, 1.165) is 61.4 Å². The fourth-order valence-electron chi connectivity index (χ4n) is 6.72. The molecule has 0 saturated carbocycles. The van der Waals surface area contributed by atoms with Gasteiger partial charge in [-0.3, -0.25) is 14.7 Å². The molecular formula is C35H48N6O2. The Morgan fingerprint density at radius 2 is 1.86 bits per heavy atom. The van der Waals surface area contributed by atoms with Crippen LogP contribution in [-0.4, -0.2) is 53.2 Å². The third-order valence-electron chi connectivity index (χ3n) is 9.01. The highest BCUT2D eigenvalue weighted by Gasteiger charge is 2.39. The smallest absolute Gasteiger partial charge is 0.251 e. The number of rotatable bonds is 11. The molecule has 0 radical (unpaired) electrons. The Bertz CT molecular complexity index is 1340. The first-order valence-electron chi connectivity index (χ1n) is 15.8. The first-order chi connectivity index (χ1) is 20.7. The molecule has 0 spiro atoms. The molecule has 2 saturated heterocycles. The first-order valence-corrected chi connectivity index (χ1v) is 15.8. The maximum atomic E-state index is 13.4. The van der Waals surface area contributed by atoms with Gasteiger partial charge in [0.1, 0.15) is 0 Å². The minimum absolute atomic E-state index is 0.167. The Hall–Kier alpha value is -3.46. The van der Waals surface area contributed by atoms with Gasteiger partial charge in [0, 0.05) is 41.3 Å². The Morgan fingerprint density at radius 1 is 1.09 bits per heavy atom. The lowest BCUT2D eigenvalue weighted by Crippen LogP contribution is -2.60. The Kier molecular flexibility index (Phi) is 10.0. The number of pyridine rings is 1. The van der Waals surface area contributed by atoms with Crippen molar-refractivity contribution in [2.45, 2.75) is 89.6 Å². The number of carbonyl (C=O) groups excluding carboxylic acids is 1. The van der Waals surface area contributed by atoms with E-state index in [0.29, 0.717) is 41.3 Å². The van der Waals surface area contributed by atoms with E-state index in [1.165, 1.54) is 0 Å². The quantitative estimate of drug-likeness (QED) is 0.214. The second-order valence-electron chi connectivity index (χ2n) is 12.7. The molecule has 3 aromatic rings. The molecule has 5 unspecified atom stereocenters. The molecule has 0 aliphatic carbocycles. The average molecular weight is 585 g/mol. The minimum Gasteiger partial charge on any atom is -0.398 e. The molecule has 2 aliphatic heterocycles. The number of aromatic nitrogens is 1. The number of ether oxygens (including phenoxy) is 1. The molecule has 8 heteroatoms. The van der Waals surface area contributed by atoms with Crippen molar-refractivity contribution in [2.24, 2.45) is 11.7 Å². The molecule has 0 bridgehead atoms. The van der Waals surface area contributed by atoms with Crippen molar-refractivity contribution >= 4 is 17.3 Å². The molecule has 2 aliphatic rings. The predicted octanol–water partition coefficient (Wildman–Crippen LogP) is 5.67. The van der Waals surface area contributed by atoms with Gasteiger partial charge in [0.2, 0.25) is 0 Å². The summed E-state index contributed by atoms with van der Waals surface area (Å²) in [6.07, 6.45) is 5.93. The van der Waals surface area contributed by atoms with E-state index in [2.05, 4.69) is 72.5 Å². The number of nitrogens with one attached hydrogen (secondary N) is 2. The van der Waals surface area contributed by atoms with Gasteiger partial charge in [0.25, 0.3) is 5.91 Å². The second-order valence-corrected chi connectivity index (χ2v) is 12.7. The van der Waals surface area contributed by atoms with Crippen molar-refractivity contribution in [3.8, 4) is 0 Å². The number of anilines is 2. The largest absolute Gasteiger partial charge is 0.398 e. The number of piperidine rings is 1. The van der Waals surface area contributed by atoms with Crippen LogP contribution in [0.15, 0.2) is 66.9 Å². The molecule has 2 aromatic carbocycles. The van der Waals surface area contributed by atoms with Crippen molar-refractivity contribution in [2.75, 3.05) is 24.3 Å². The first kappa shape index (κ1) is 31.0. The van der Waals surface area contributed by atoms with Crippen LogP contribution in [0.1, 0.15) is 92.6 Å². The highest BCUT2D eigenvalue weighted by Crippen LogP contribution is 2.32. The van der Waals surface area contributed by atoms with E-state index >= 15 is 0 Å². The summed E-state index contributed by atoms with van der Waals surface area (Å²) in [5, 5.41) is 6.95. The van der Waals surface area contributed by atoms with Gasteiger partial charge in [-0.1, -0.05) is 39.0 Å². The molecule has 1 aromatic heterocycles. The summed E-state index contributed by atoms with van der Waals surface area (Å²) < 4.78 is 5.49. The van der Waals surface area contributed by atoms with Crippen LogP contribution in [0.4, 0.5) is 11.4 Å². The van der Waals surface area contributed by atoms with E-state index in [1.807, 2.05) is 24.3 Å². The van der Waals surface area contributed by atoms with Crippen LogP contribution >= 0.6 is 0 Å². The van der Waals surface area contributed by atoms with Crippen molar-refractivity contribution in [1.82, 2.24) is 15.2 Å². The Morgan fingerprint density at radius 3 is 2.49 bits per heavy atom. The van der Waals surface area contributed by atoms with Crippen molar-refractivity contribution in [3.63, 3.8) is 0 Å². The molecule has 230 valence electrons. The molecule has 3 heterocycles. The van der Waals surface area contributed by atoms with Gasteiger partial charge < -0.3 is 26.8 Å². The summed E-state index contributed by atoms with van der Waals surface area (Å²) in [5.41, 5.74) is 17.8. The van der Waals surface area contributed by atoms with Crippen LogP contribution in [0.5, 0.6) is 0 Å². The highest BCUT2D eigenvalue weighted by molar-refractivity contribution is 5.95. The number of hydrogen-bond donors (Lipinski definition) is 4. The van der Waals surface area contributed by atoms with E-state index < -0.39 is 6.04 Å². The van der Waals surface area contributed by atoms with Crippen LogP contribution in [0.3, 0.4) is 0 Å². The van der Waals surface area contributed by atoms with Crippen molar-refractivity contribution in [3.05, 3.63) is 89.2 Å². The topological polar surface area (TPSA) is 119 Å². The monoisotopic (exact) mass is 584 g/mol. The molecular weight excluding hydrogens is 536 g/mol. The highest BCUT2D eigenvalue weighted by atomic mass is 16.5. The molecule has 5 rings (SSSR count). The van der Waals surface area contributed by atoms with Crippen LogP contribution < -0.4 is 22.1 Å². The van der Waals surface area contributed by atoms with Gasteiger partial charge in [-0.25, -0.2) is 0 Å². The lowest BCUT2D eigenvalue weighted by atomic mass is 9.88. The van der Waals surface area contributed by atoms with E-state index in [1.54, 1.807) is 18.3 Å². The molecule has 1 amide bonds. The second kappa shape index (κ2) is 13.9. The van der Waals surface area contributed by atoms with Gasteiger partial charge >= 0.3 is 0 Å². The van der Waals surface area contributed by atoms with Gasteiger partial charge in [-0.2, -0.15) is 0 Å². The van der Waals surface area contributed by atoms with E-state index in [-0.39, 0.29) is 11.9 Å². The van der Waals surface area contributed by atoms with Gasteiger partial charge in [-0.15, -0.1) is 0 Å². The summed E-state index contributed by atoms with van der Waals surface area (Å²) in [4.78, 5) is 20.5. The summed E-state index contributed by atoms with van der Waals surface area (Å²) >= 11 is 0. The van der Waals surface area contributed by atoms with Crippen LogP contribution in [0.2, 0.25) is 0 Å². The van der Waals surface area contributed by atoms with Crippen molar-refractivity contribution in [1.29, 1.82) is 0 Å². The van der Waals surface area contributed by atoms with Gasteiger partial charge in [0.15, 0.2) is 0 Å². The summed E-state index contributed by atoms with van der Waals surface area (Å²) in [5.74, 6) is 0.228. The Labute approximate surface area is 256 Å². The number of hydrogen-bond acceptors (Lipinski definition) is 7. The maximum Gasteiger partial charge on any atom is 0.251 e. The zero-order valence-electron chi connectivity index (χ0n) is 26.0. The maximum absolute atomic E-state index is 13.4. The zero-order valence-corrected chi connectivity index (χ0v) is 26.0. The lowest BCUT2D eigenvalue weighted by molar-refractivity contribution is -0.105. The third kappa shape index (κ3) is 7.37. The fourth-order valence-corrected chi connectivity index (χ4v) is 6.72. The summed E-state index contributed by atoms with van der Waals surface area (Å²) in [6.45, 7) is 10.6. The third-order valence-corrected chi connectivity index (χ3v) is 9.01. The molecule has 2 fully saturated rings.